The van der Waals surface area contributed by atoms with Crippen LogP contribution in [0.1, 0.15) is 19.3 Å². The van der Waals surface area contributed by atoms with Crippen LogP contribution in [0.15, 0.2) is 27.8 Å². The molecule has 0 bridgehead atoms. The first-order valence-corrected chi connectivity index (χ1v) is 6.93. The van der Waals surface area contributed by atoms with Gasteiger partial charge in [0.1, 0.15) is 5.03 Å². The lowest BCUT2D eigenvalue weighted by molar-refractivity contribution is 0.591. The molecule has 0 aromatic carbocycles. The average molecular weight is 287 g/mol. The summed E-state index contributed by atoms with van der Waals surface area (Å²) >= 11 is 5.43. The predicted octanol–water partition coefficient (Wildman–Crippen LogP) is 3.08. The van der Waals surface area contributed by atoms with E-state index in [-0.39, 0.29) is 0 Å². The van der Waals surface area contributed by atoms with Gasteiger partial charge in [-0.05, 0) is 48.0 Å². The second-order valence-corrected chi connectivity index (χ2v) is 5.85. The van der Waals surface area contributed by atoms with Crippen molar-refractivity contribution in [1.82, 2.24) is 10.3 Å². The number of hydrogen-bond donors (Lipinski definition) is 1. The Labute approximate surface area is 103 Å². The molecule has 2 nitrogen and oxygen atoms in total. The Kier molecular flexibility index (Phi) is 4.05. The number of thioether (sulfide) groups is 1. The van der Waals surface area contributed by atoms with E-state index in [9.17, 15) is 0 Å². The van der Waals surface area contributed by atoms with E-state index in [0.717, 1.165) is 9.50 Å². The third-order valence-electron chi connectivity index (χ3n) is 2.81. The molecule has 1 N–H and O–H groups in total. The van der Waals surface area contributed by atoms with Crippen LogP contribution in [-0.4, -0.2) is 23.3 Å². The molecule has 0 radical (unpaired) electrons. The lowest BCUT2D eigenvalue weighted by Crippen LogP contribution is -2.30. The third kappa shape index (κ3) is 2.74. The van der Waals surface area contributed by atoms with Gasteiger partial charge in [-0.25, -0.2) is 4.98 Å². The molecular weight excluding hydrogens is 272 g/mol. The van der Waals surface area contributed by atoms with Gasteiger partial charge in [0.15, 0.2) is 0 Å². The fraction of sp³-hybridized carbons (Fsp3) is 0.545. The Morgan fingerprint density at radius 1 is 1.53 bits per heavy atom. The molecule has 1 heterocycles. The number of nitrogens with zero attached hydrogens (tertiary/aromatic N) is 1. The number of rotatable bonds is 3. The van der Waals surface area contributed by atoms with Crippen LogP contribution in [0.25, 0.3) is 0 Å². The summed E-state index contributed by atoms with van der Waals surface area (Å²) in [5, 5.41) is 5.17. The fourth-order valence-electron chi connectivity index (χ4n) is 2.00. The van der Waals surface area contributed by atoms with Gasteiger partial charge in [0.25, 0.3) is 0 Å². The maximum absolute atomic E-state index is 4.40. The second-order valence-electron chi connectivity index (χ2n) is 3.77. The number of nitrogens with one attached hydrogen (secondary N) is 1. The number of aromatic nitrogens is 1. The number of pyridine rings is 1. The van der Waals surface area contributed by atoms with E-state index < -0.39 is 0 Å². The van der Waals surface area contributed by atoms with Crippen molar-refractivity contribution in [1.29, 1.82) is 0 Å². The summed E-state index contributed by atoms with van der Waals surface area (Å²) in [6.07, 6.45) is 5.77. The minimum Gasteiger partial charge on any atom is -0.316 e. The summed E-state index contributed by atoms with van der Waals surface area (Å²) in [4.78, 5) is 4.40. The van der Waals surface area contributed by atoms with E-state index >= 15 is 0 Å². The quantitative estimate of drug-likeness (QED) is 0.924. The molecule has 2 unspecified atom stereocenters. The molecule has 1 saturated carbocycles. The highest BCUT2D eigenvalue weighted by Gasteiger charge is 2.27. The first-order chi connectivity index (χ1) is 7.31. The van der Waals surface area contributed by atoms with Crippen LogP contribution in [0.2, 0.25) is 0 Å². The summed E-state index contributed by atoms with van der Waals surface area (Å²) < 4.78 is 1.11. The molecule has 0 saturated heterocycles. The van der Waals surface area contributed by atoms with Crippen molar-refractivity contribution in [2.24, 2.45) is 0 Å². The van der Waals surface area contributed by atoms with E-state index in [0.29, 0.717) is 11.3 Å². The van der Waals surface area contributed by atoms with E-state index in [1.165, 1.54) is 19.3 Å². The van der Waals surface area contributed by atoms with Crippen LogP contribution >= 0.6 is 27.7 Å². The van der Waals surface area contributed by atoms with Gasteiger partial charge in [-0.2, -0.15) is 0 Å². The van der Waals surface area contributed by atoms with Gasteiger partial charge in [-0.3, -0.25) is 0 Å². The Morgan fingerprint density at radius 3 is 3.13 bits per heavy atom. The lowest BCUT2D eigenvalue weighted by Gasteiger charge is -2.18. The van der Waals surface area contributed by atoms with Gasteiger partial charge in [-0.1, -0.05) is 6.42 Å². The van der Waals surface area contributed by atoms with Gasteiger partial charge >= 0.3 is 0 Å². The van der Waals surface area contributed by atoms with Crippen LogP contribution in [0, 0.1) is 0 Å². The highest BCUT2D eigenvalue weighted by atomic mass is 79.9. The maximum Gasteiger partial charge on any atom is 0.110 e. The topological polar surface area (TPSA) is 24.9 Å². The monoisotopic (exact) mass is 286 g/mol. The number of halogens is 1. The number of hydrogen-bond acceptors (Lipinski definition) is 3. The largest absolute Gasteiger partial charge is 0.316 e. The first-order valence-electron chi connectivity index (χ1n) is 5.25. The van der Waals surface area contributed by atoms with Crippen LogP contribution < -0.4 is 5.32 Å². The Morgan fingerprint density at radius 2 is 2.40 bits per heavy atom. The average Bonchev–Trinajstić information content (AvgIpc) is 2.69. The maximum atomic E-state index is 4.40. The van der Waals surface area contributed by atoms with Crippen molar-refractivity contribution in [2.75, 3.05) is 7.05 Å². The minimum absolute atomic E-state index is 0.643. The van der Waals surface area contributed by atoms with E-state index in [1.807, 2.05) is 24.0 Å². The highest BCUT2D eigenvalue weighted by Crippen LogP contribution is 2.36. The molecule has 1 aliphatic carbocycles. The van der Waals surface area contributed by atoms with Crippen molar-refractivity contribution in [3.63, 3.8) is 0 Å². The molecule has 82 valence electrons. The lowest BCUT2D eigenvalue weighted by atomic mass is 10.2. The van der Waals surface area contributed by atoms with Crippen LogP contribution in [-0.2, 0) is 0 Å². The first kappa shape index (κ1) is 11.4. The summed E-state index contributed by atoms with van der Waals surface area (Å²) in [7, 11) is 2.05. The minimum atomic E-state index is 0.643. The van der Waals surface area contributed by atoms with Crippen LogP contribution in [0.3, 0.4) is 0 Å². The molecule has 1 fully saturated rings. The third-order valence-corrected chi connectivity index (χ3v) is 5.13. The van der Waals surface area contributed by atoms with Gasteiger partial charge in [-0.15, -0.1) is 11.8 Å². The zero-order valence-electron chi connectivity index (χ0n) is 8.74. The molecule has 0 amide bonds. The highest BCUT2D eigenvalue weighted by molar-refractivity contribution is 9.10. The molecule has 1 aromatic heterocycles. The zero-order chi connectivity index (χ0) is 10.7. The molecule has 15 heavy (non-hydrogen) atoms. The van der Waals surface area contributed by atoms with Gasteiger partial charge < -0.3 is 5.32 Å². The van der Waals surface area contributed by atoms with E-state index in [4.69, 9.17) is 0 Å². The second kappa shape index (κ2) is 5.32. The summed E-state index contributed by atoms with van der Waals surface area (Å²) in [6, 6.07) is 4.65. The van der Waals surface area contributed by atoms with E-state index in [1.54, 1.807) is 0 Å². The normalized spacial score (nSPS) is 25.7. The molecule has 2 rings (SSSR count). The van der Waals surface area contributed by atoms with Crippen molar-refractivity contribution in [2.45, 2.75) is 35.6 Å². The van der Waals surface area contributed by atoms with Crippen molar-refractivity contribution < 1.29 is 0 Å². The Hall–Kier alpha value is -0.0600. The van der Waals surface area contributed by atoms with Gasteiger partial charge in [0, 0.05) is 22.0 Å². The van der Waals surface area contributed by atoms with Gasteiger partial charge in [0.2, 0.25) is 0 Å². The fourth-order valence-corrected chi connectivity index (χ4v) is 3.84. The molecule has 1 aliphatic rings. The SMILES string of the molecule is CNC1CCCC1Sc1ncccc1Br. The smallest absolute Gasteiger partial charge is 0.110 e. The molecule has 0 aliphatic heterocycles. The standard InChI is InChI=1S/C11H15BrN2S/c1-13-9-5-2-6-10(9)15-11-8(12)4-3-7-14-11/h3-4,7,9-10,13H,2,5-6H2,1H3. The van der Waals surface area contributed by atoms with Crippen molar-refractivity contribution >= 4 is 27.7 Å². The van der Waals surface area contributed by atoms with Crippen LogP contribution in [0.5, 0.6) is 0 Å². The molecule has 0 spiro atoms. The molecule has 4 heteroatoms. The summed E-state index contributed by atoms with van der Waals surface area (Å²) in [6.45, 7) is 0. The van der Waals surface area contributed by atoms with Crippen molar-refractivity contribution in [3.05, 3.63) is 22.8 Å². The Bertz CT molecular complexity index is 332. The predicted molar refractivity (Wildman–Crippen MR) is 68.3 cm³/mol. The van der Waals surface area contributed by atoms with E-state index in [2.05, 4.69) is 39.3 Å². The van der Waals surface area contributed by atoms with Crippen LogP contribution in [0.4, 0.5) is 0 Å². The molecule has 1 aromatic rings. The zero-order valence-corrected chi connectivity index (χ0v) is 11.1. The molecular formula is C11H15BrN2S. The van der Waals surface area contributed by atoms with Crippen molar-refractivity contribution in [3.8, 4) is 0 Å². The van der Waals surface area contributed by atoms with Gasteiger partial charge in [0.05, 0.1) is 0 Å². The summed E-state index contributed by atoms with van der Waals surface area (Å²) in [5.74, 6) is 0. The molecule has 2 atom stereocenters. The Balaban J connectivity index is 2.05. The summed E-state index contributed by atoms with van der Waals surface area (Å²) in [5.41, 5.74) is 0.